The smallest absolute Gasteiger partial charge is 0.251 e. The molecule has 0 bridgehead atoms. The van der Waals surface area contributed by atoms with E-state index >= 15 is 0 Å². The van der Waals surface area contributed by atoms with Crippen LogP contribution in [0.15, 0.2) is 46.9 Å². The molecule has 0 atom stereocenters. The first kappa shape index (κ1) is 17.8. The van der Waals surface area contributed by atoms with Crippen molar-refractivity contribution in [3.05, 3.63) is 68.1 Å². The van der Waals surface area contributed by atoms with Gasteiger partial charge in [-0.15, -0.1) is 0 Å². The van der Waals surface area contributed by atoms with E-state index in [4.69, 9.17) is 23.2 Å². The first-order chi connectivity index (χ1) is 11.0. The van der Waals surface area contributed by atoms with Crippen LogP contribution >= 0.6 is 39.1 Å². The molecule has 2 rings (SSSR count). The molecule has 2 aromatic rings. The van der Waals surface area contributed by atoms with Gasteiger partial charge in [0.1, 0.15) is 0 Å². The largest absolute Gasteiger partial charge is 0.350 e. The molecule has 0 spiro atoms. The van der Waals surface area contributed by atoms with Crippen LogP contribution in [0.3, 0.4) is 0 Å². The summed E-state index contributed by atoms with van der Waals surface area (Å²) in [5, 5.41) is 6.14. The van der Waals surface area contributed by atoms with E-state index in [0.29, 0.717) is 34.3 Å². The highest BCUT2D eigenvalue weighted by Crippen LogP contribution is 2.22. The zero-order valence-corrected chi connectivity index (χ0v) is 15.0. The second kappa shape index (κ2) is 8.34. The first-order valence-corrected chi connectivity index (χ1v) is 8.29. The Morgan fingerprint density at radius 3 is 1.91 bits per heavy atom. The predicted octanol–water partition coefficient (Wildman–Crippen LogP) is 3.92. The fourth-order valence-electron chi connectivity index (χ4n) is 1.79. The highest BCUT2D eigenvalue weighted by molar-refractivity contribution is 9.10. The molecule has 0 aliphatic carbocycles. The molecule has 0 heterocycles. The second-order valence-electron chi connectivity index (χ2n) is 4.65. The van der Waals surface area contributed by atoms with Crippen molar-refractivity contribution in [2.24, 2.45) is 0 Å². The molecule has 2 amide bonds. The molecule has 2 N–H and O–H groups in total. The van der Waals surface area contributed by atoms with Crippen LogP contribution in [0.4, 0.5) is 0 Å². The minimum Gasteiger partial charge on any atom is -0.350 e. The average Bonchev–Trinajstić information content (AvgIpc) is 2.54. The van der Waals surface area contributed by atoms with Crippen LogP contribution in [0, 0.1) is 0 Å². The molecular weight excluding hydrogens is 403 g/mol. The van der Waals surface area contributed by atoms with Crippen molar-refractivity contribution in [3.63, 3.8) is 0 Å². The second-order valence-corrected chi connectivity index (χ2v) is 6.38. The number of halogens is 3. The summed E-state index contributed by atoms with van der Waals surface area (Å²) in [7, 11) is 0. The van der Waals surface area contributed by atoms with Gasteiger partial charge in [0.05, 0.1) is 10.0 Å². The topological polar surface area (TPSA) is 58.2 Å². The van der Waals surface area contributed by atoms with Gasteiger partial charge in [-0.3, -0.25) is 9.59 Å². The summed E-state index contributed by atoms with van der Waals surface area (Å²) in [5.41, 5.74) is 0.975. The van der Waals surface area contributed by atoms with E-state index in [0.717, 1.165) is 4.47 Å². The van der Waals surface area contributed by atoms with Gasteiger partial charge in [0.25, 0.3) is 11.8 Å². The Morgan fingerprint density at radius 1 is 0.826 bits per heavy atom. The Balaban J connectivity index is 1.78. The normalized spacial score (nSPS) is 10.2. The molecule has 7 heteroatoms. The molecule has 0 aromatic heterocycles. The van der Waals surface area contributed by atoms with E-state index in [1.54, 1.807) is 36.4 Å². The lowest BCUT2D eigenvalue weighted by Crippen LogP contribution is -2.34. The van der Waals surface area contributed by atoms with Crippen LogP contribution in [0.5, 0.6) is 0 Å². The fraction of sp³-hybridized carbons (Fsp3) is 0.125. The minimum absolute atomic E-state index is 0.193. The number of amides is 2. The van der Waals surface area contributed by atoms with Crippen LogP contribution in [0.1, 0.15) is 20.7 Å². The number of hydrogen-bond acceptors (Lipinski definition) is 2. The van der Waals surface area contributed by atoms with Crippen LogP contribution in [0.25, 0.3) is 0 Å². The van der Waals surface area contributed by atoms with Gasteiger partial charge in [0, 0.05) is 28.7 Å². The number of nitrogens with one attached hydrogen (secondary N) is 2. The van der Waals surface area contributed by atoms with Crippen LogP contribution < -0.4 is 10.6 Å². The summed E-state index contributed by atoms with van der Waals surface area (Å²) in [6.07, 6.45) is 0. The van der Waals surface area contributed by atoms with Crippen molar-refractivity contribution in [2.45, 2.75) is 0 Å². The lowest BCUT2D eigenvalue weighted by Gasteiger charge is -2.08. The maximum atomic E-state index is 11.9. The molecule has 23 heavy (non-hydrogen) atoms. The van der Waals surface area contributed by atoms with Crippen LogP contribution in [0.2, 0.25) is 10.0 Å². The Bertz CT molecular complexity index is 721. The highest BCUT2D eigenvalue weighted by atomic mass is 79.9. The maximum Gasteiger partial charge on any atom is 0.251 e. The van der Waals surface area contributed by atoms with Gasteiger partial charge in [-0.05, 0) is 42.5 Å². The third kappa shape index (κ3) is 5.23. The van der Waals surface area contributed by atoms with Crippen LogP contribution in [-0.2, 0) is 0 Å². The molecule has 0 aliphatic rings. The van der Waals surface area contributed by atoms with Crippen molar-refractivity contribution >= 4 is 50.9 Å². The molecule has 0 aliphatic heterocycles. The zero-order valence-electron chi connectivity index (χ0n) is 11.9. The molecular formula is C16H13BrCl2N2O2. The summed E-state index contributed by atoms with van der Waals surface area (Å²) in [5.74, 6) is -0.470. The Labute approximate surface area is 152 Å². The monoisotopic (exact) mass is 414 g/mol. The molecule has 0 unspecified atom stereocenters. The number of carbonyl (C=O) groups excluding carboxylic acids is 2. The predicted molar refractivity (Wildman–Crippen MR) is 95.3 cm³/mol. The van der Waals surface area contributed by atoms with E-state index in [2.05, 4.69) is 26.6 Å². The summed E-state index contributed by atoms with van der Waals surface area (Å²) >= 11 is 15.0. The number of rotatable bonds is 5. The van der Waals surface area contributed by atoms with Gasteiger partial charge in [-0.2, -0.15) is 0 Å². The standard InChI is InChI=1S/C16H13BrCl2N2O2/c17-12-4-1-10(2-5-12)15(22)20-7-8-21-16(23)11-3-6-13(18)14(19)9-11/h1-6,9H,7-8H2,(H,20,22)(H,21,23). The van der Waals surface area contributed by atoms with Gasteiger partial charge < -0.3 is 10.6 Å². The summed E-state index contributed by atoms with van der Waals surface area (Å²) in [4.78, 5) is 23.8. The fourth-order valence-corrected chi connectivity index (χ4v) is 2.36. The summed E-state index contributed by atoms with van der Waals surface area (Å²) in [6.45, 7) is 0.628. The zero-order chi connectivity index (χ0) is 16.8. The Morgan fingerprint density at radius 2 is 1.35 bits per heavy atom. The third-order valence-corrected chi connectivity index (χ3v) is 4.25. The van der Waals surface area contributed by atoms with E-state index in [9.17, 15) is 9.59 Å². The molecule has 0 saturated heterocycles. The number of benzene rings is 2. The molecule has 0 saturated carbocycles. The first-order valence-electron chi connectivity index (χ1n) is 6.74. The minimum atomic E-state index is -0.276. The van der Waals surface area contributed by atoms with Gasteiger partial charge in [0.2, 0.25) is 0 Å². The number of carbonyl (C=O) groups is 2. The molecule has 2 aromatic carbocycles. The lowest BCUT2D eigenvalue weighted by molar-refractivity contribution is 0.0927. The summed E-state index contributed by atoms with van der Waals surface area (Å²) in [6, 6.07) is 11.7. The van der Waals surface area contributed by atoms with Crippen molar-refractivity contribution in [3.8, 4) is 0 Å². The van der Waals surface area contributed by atoms with E-state index < -0.39 is 0 Å². The highest BCUT2D eigenvalue weighted by Gasteiger charge is 2.08. The Kier molecular flexibility index (Phi) is 6.45. The van der Waals surface area contributed by atoms with E-state index in [-0.39, 0.29) is 11.8 Å². The summed E-state index contributed by atoms with van der Waals surface area (Å²) < 4.78 is 0.905. The van der Waals surface area contributed by atoms with Gasteiger partial charge in [-0.25, -0.2) is 0 Å². The number of hydrogen-bond donors (Lipinski definition) is 2. The Hall–Kier alpha value is -1.56. The van der Waals surface area contributed by atoms with Crippen molar-refractivity contribution in [2.75, 3.05) is 13.1 Å². The lowest BCUT2D eigenvalue weighted by atomic mass is 10.2. The third-order valence-electron chi connectivity index (χ3n) is 2.98. The molecule has 0 fully saturated rings. The van der Waals surface area contributed by atoms with Crippen molar-refractivity contribution < 1.29 is 9.59 Å². The van der Waals surface area contributed by atoms with Crippen molar-refractivity contribution in [1.82, 2.24) is 10.6 Å². The molecule has 0 radical (unpaired) electrons. The quantitative estimate of drug-likeness (QED) is 0.727. The SMILES string of the molecule is O=C(NCCNC(=O)c1ccc(Cl)c(Cl)c1)c1ccc(Br)cc1. The van der Waals surface area contributed by atoms with E-state index in [1.165, 1.54) is 6.07 Å². The van der Waals surface area contributed by atoms with E-state index in [1.807, 2.05) is 0 Å². The molecule has 120 valence electrons. The van der Waals surface area contributed by atoms with Crippen molar-refractivity contribution in [1.29, 1.82) is 0 Å². The van der Waals surface area contributed by atoms with Gasteiger partial charge in [-0.1, -0.05) is 39.1 Å². The average molecular weight is 416 g/mol. The van der Waals surface area contributed by atoms with Gasteiger partial charge in [0.15, 0.2) is 0 Å². The van der Waals surface area contributed by atoms with Gasteiger partial charge >= 0.3 is 0 Å². The maximum absolute atomic E-state index is 11.9. The molecule has 4 nitrogen and oxygen atoms in total. The van der Waals surface area contributed by atoms with Crippen LogP contribution in [-0.4, -0.2) is 24.9 Å².